The molecule has 0 aliphatic carbocycles. The van der Waals surface area contributed by atoms with Crippen LogP contribution in [0.25, 0.3) is 10.6 Å². The molecule has 0 unspecified atom stereocenters. The zero-order valence-electron chi connectivity index (χ0n) is 8.65. The van der Waals surface area contributed by atoms with Crippen molar-refractivity contribution in [2.24, 2.45) is 12.8 Å². The van der Waals surface area contributed by atoms with E-state index in [-0.39, 0.29) is 0 Å². The lowest BCUT2D eigenvalue weighted by atomic mass is 10.2. The van der Waals surface area contributed by atoms with Gasteiger partial charge in [-0.2, -0.15) is 5.10 Å². The molecule has 2 rings (SSSR count). The Kier molecular flexibility index (Phi) is 3.14. The Morgan fingerprint density at radius 3 is 3.00 bits per heavy atom. The molecule has 0 bridgehead atoms. The third kappa shape index (κ3) is 1.82. The van der Waals surface area contributed by atoms with Gasteiger partial charge in [0.05, 0.1) is 9.90 Å². The second-order valence-corrected chi connectivity index (χ2v) is 4.76. The monoisotopic (exact) mass is 238 g/mol. The number of rotatable bonds is 3. The summed E-state index contributed by atoms with van der Waals surface area (Å²) in [6.45, 7) is 0.525. The van der Waals surface area contributed by atoms with E-state index < -0.39 is 0 Å². The quantitative estimate of drug-likeness (QED) is 0.833. The van der Waals surface area contributed by atoms with Crippen molar-refractivity contribution in [3.8, 4) is 10.6 Å². The van der Waals surface area contributed by atoms with E-state index in [4.69, 9.17) is 5.73 Å². The molecule has 2 aromatic heterocycles. The van der Waals surface area contributed by atoms with E-state index in [0.29, 0.717) is 6.54 Å². The second-order valence-electron chi connectivity index (χ2n) is 3.08. The minimum Gasteiger partial charge on any atom is -0.326 e. The van der Waals surface area contributed by atoms with Crippen molar-refractivity contribution in [2.75, 3.05) is 6.26 Å². The summed E-state index contributed by atoms with van der Waals surface area (Å²) in [7, 11) is 1.95. The predicted octanol–water partition coefficient (Wildman–Crippen LogP) is 2.13. The zero-order valence-corrected chi connectivity index (χ0v) is 10.3. The summed E-state index contributed by atoms with van der Waals surface area (Å²) in [6, 6.07) is 3.93. The molecule has 0 atom stereocenters. The minimum atomic E-state index is 0.525. The highest BCUT2D eigenvalue weighted by Gasteiger charge is 2.15. The molecule has 3 nitrogen and oxygen atoms in total. The average Bonchev–Trinajstić information content (AvgIpc) is 2.83. The Balaban J connectivity index is 2.57. The standard InChI is InChI=1S/C10H12N3S2/c1-13-10(14-2)7(6-11)9(12-13)8-4-3-5-15-8/h3-4H,6,11H2,1-2H3. The van der Waals surface area contributed by atoms with Gasteiger partial charge in [-0.3, -0.25) is 4.68 Å². The van der Waals surface area contributed by atoms with Gasteiger partial charge in [-0.25, -0.2) is 0 Å². The molecule has 1 radical (unpaired) electrons. The molecule has 0 aliphatic rings. The molecule has 0 saturated heterocycles. The van der Waals surface area contributed by atoms with E-state index >= 15 is 0 Å². The van der Waals surface area contributed by atoms with Crippen LogP contribution in [0.3, 0.4) is 0 Å². The Bertz CT molecular complexity index is 445. The number of hydrogen-bond acceptors (Lipinski definition) is 4. The molecule has 2 N–H and O–H groups in total. The number of aryl methyl sites for hydroxylation is 1. The van der Waals surface area contributed by atoms with Crippen LogP contribution in [0, 0.1) is 5.38 Å². The molecular formula is C10H12N3S2. The van der Waals surface area contributed by atoms with Crippen molar-refractivity contribution < 1.29 is 0 Å². The maximum atomic E-state index is 5.77. The number of nitrogens with zero attached hydrogens (tertiary/aromatic N) is 2. The Hall–Kier alpha value is -0.780. The summed E-state index contributed by atoms with van der Waals surface area (Å²) in [5.41, 5.74) is 7.90. The van der Waals surface area contributed by atoms with Gasteiger partial charge < -0.3 is 5.73 Å². The number of hydrogen-bond donors (Lipinski definition) is 1. The van der Waals surface area contributed by atoms with Gasteiger partial charge in [0.1, 0.15) is 5.69 Å². The molecule has 0 aliphatic heterocycles. The number of thioether (sulfide) groups is 1. The van der Waals surface area contributed by atoms with E-state index in [1.54, 1.807) is 23.1 Å². The molecule has 2 heterocycles. The summed E-state index contributed by atoms with van der Waals surface area (Å²) in [4.78, 5) is 1.13. The molecule has 0 saturated carbocycles. The summed E-state index contributed by atoms with van der Waals surface area (Å²) in [5.74, 6) is 0. The highest BCUT2D eigenvalue weighted by Crippen LogP contribution is 2.31. The first kappa shape index (κ1) is 10.7. The second kappa shape index (κ2) is 4.38. The van der Waals surface area contributed by atoms with Crippen LogP contribution in [0.2, 0.25) is 0 Å². The summed E-state index contributed by atoms with van der Waals surface area (Å²) >= 11 is 3.25. The highest BCUT2D eigenvalue weighted by atomic mass is 32.2. The third-order valence-electron chi connectivity index (χ3n) is 2.19. The first-order valence-electron chi connectivity index (χ1n) is 4.54. The molecule has 2 aromatic rings. The fraction of sp³-hybridized carbons (Fsp3) is 0.300. The molecule has 79 valence electrons. The molecule has 0 amide bonds. The van der Waals surface area contributed by atoms with Gasteiger partial charge in [0.15, 0.2) is 0 Å². The Labute approximate surface area is 97.3 Å². The van der Waals surface area contributed by atoms with Crippen LogP contribution in [0.15, 0.2) is 17.2 Å². The van der Waals surface area contributed by atoms with Gasteiger partial charge >= 0.3 is 0 Å². The van der Waals surface area contributed by atoms with Gasteiger partial charge in [-0.15, -0.1) is 23.1 Å². The SMILES string of the molecule is CSc1c(CN)c(-c2cc[c]s2)nn1C. The summed E-state index contributed by atoms with van der Waals surface area (Å²) in [6.07, 6.45) is 2.04. The molecular weight excluding hydrogens is 226 g/mol. The fourth-order valence-corrected chi connectivity index (χ4v) is 2.95. The Morgan fingerprint density at radius 1 is 1.67 bits per heavy atom. The van der Waals surface area contributed by atoms with Gasteiger partial charge in [-0.05, 0) is 18.4 Å². The zero-order chi connectivity index (χ0) is 10.8. The summed E-state index contributed by atoms with van der Waals surface area (Å²) < 4.78 is 1.89. The van der Waals surface area contributed by atoms with Crippen LogP contribution in [0.5, 0.6) is 0 Å². The van der Waals surface area contributed by atoms with Crippen LogP contribution in [0.1, 0.15) is 5.56 Å². The first-order valence-corrected chi connectivity index (χ1v) is 6.58. The predicted molar refractivity (Wildman–Crippen MR) is 65.0 cm³/mol. The first-order chi connectivity index (χ1) is 7.27. The number of aromatic nitrogens is 2. The number of nitrogens with two attached hydrogens (primary N) is 1. The topological polar surface area (TPSA) is 43.8 Å². The largest absolute Gasteiger partial charge is 0.326 e. The molecule has 15 heavy (non-hydrogen) atoms. The lowest BCUT2D eigenvalue weighted by molar-refractivity contribution is 0.696. The molecule has 0 fully saturated rings. The fourth-order valence-electron chi connectivity index (χ4n) is 1.56. The van der Waals surface area contributed by atoms with Crippen molar-refractivity contribution in [2.45, 2.75) is 11.6 Å². The van der Waals surface area contributed by atoms with Crippen molar-refractivity contribution in [1.82, 2.24) is 9.78 Å². The maximum Gasteiger partial charge on any atom is 0.108 e. The van der Waals surface area contributed by atoms with Crippen LogP contribution >= 0.6 is 23.1 Å². The van der Waals surface area contributed by atoms with E-state index in [1.807, 2.05) is 30.1 Å². The van der Waals surface area contributed by atoms with Gasteiger partial charge in [0.2, 0.25) is 0 Å². The molecule has 5 heteroatoms. The van der Waals surface area contributed by atoms with Crippen LogP contribution in [-0.2, 0) is 13.6 Å². The molecule has 0 spiro atoms. The minimum absolute atomic E-state index is 0.525. The molecule has 0 aromatic carbocycles. The van der Waals surface area contributed by atoms with Gasteiger partial charge in [-0.1, -0.05) is 0 Å². The summed E-state index contributed by atoms with van der Waals surface area (Å²) in [5, 5.41) is 8.71. The Morgan fingerprint density at radius 2 is 2.47 bits per heavy atom. The smallest absolute Gasteiger partial charge is 0.108 e. The average molecular weight is 238 g/mol. The van der Waals surface area contributed by atoms with Crippen molar-refractivity contribution in [1.29, 1.82) is 0 Å². The van der Waals surface area contributed by atoms with Gasteiger partial charge in [0, 0.05) is 24.5 Å². The van der Waals surface area contributed by atoms with Crippen molar-refractivity contribution in [3.05, 3.63) is 23.1 Å². The lowest BCUT2D eigenvalue weighted by Gasteiger charge is -1.99. The van der Waals surface area contributed by atoms with Gasteiger partial charge in [0.25, 0.3) is 0 Å². The van der Waals surface area contributed by atoms with Crippen molar-refractivity contribution in [3.63, 3.8) is 0 Å². The van der Waals surface area contributed by atoms with Crippen LogP contribution in [0.4, 0.5) is 0 Å². The van der Waals surface area contributed by atoms with E-state index in [9.17, 15) is 0 Å². The maximum absolute atomic E-state index is 5.77. The number of thiophene rings is 1. The van der Waals surface area contributed by atoms with E-state index in [2.05, 4.69) is 10.5 Å². The van der Waals surface area contributed by atoms with Crippen molar-refractivity contribution >= 4 is 23.1 Å². The van der Waals surface area contributed by atoms with Crippen LogP contribution in [-0.4, -0.2) is 16.0 Å². The van der Waals surface area contributed by atoms with E-state index in [1.165, 1.54) is 0 Å². The van der Waals surface area contributed by atoms with Crippen LogP contribution < -0.4 is 5.73 Å². The highest BCUT2D eigenvalue weighted by molar-refractivity contribution is 7.98. The third-order valence-corrected chi connectivity index (χ3v) is 3.89. The van der Waals surface area contributed by atoms with E-state index in [0.717, 1.165) is 21.2 Å². The lowest BCUT2D eigenvalue weighted by Crippen LogP contribution is -1.99. The normalized spacial score (nSPS) is 10.9.